The van der Waals surface area contributed by atoms with E-state index in [1.165, 1.54) is 0 Å². The highest BCUT2D eigenvalue weighted by atomic mass is 35.5. The zero-order valence-corrected chi connectivity index (χ0v) is 8.82. The second-order valence-electron chi connectivity index (χ2n) is 2.32. The first-order chi connectivity index (χ1) is 5.25. The van der Waals surface area contributed by atoms with Crippen molar-refractivity contribution in [3.63, 3.8) is 0 Å². The number of carboxylic acid groups (broad SMARTS) is 1. The van der Waals surface area contributed by atoms with Crippen LogP contribution in [0.25, 0.3) is 0 Å². The van der Waals surface area contributed by atoms with Crippen LogP contribution in [0.2, 0.25) is 0 Å². The zero-order chi connectivity index (χ0) is 8.27. The minimum atomic E-state index is -0.845. The van der Waals surface area contributed by atoms with Crippen LogP contribution in [-0.2, 0) is 6.42 Å². The molecule has 1 aromatic rings. The summed E-state index contributed by atoms with van der Waals surface area (Å²) in [5.41, 5.74) is 1.30. The largest absolute Gasteiger partial charge is 0.478 e. The van der Waals surface area contributed by atoms with Gasteiger partial charge >= 0.3 is 5.97 Å². The third kappa shape index (κ3) is 3.66. The SMILES string of the molecule is CCc1ccccc1C(=O)O.Cl.Cl. The van der Waals surface area contributed by atoms with Gasteiger partial charge in [-0.1, -0.05) is 25.1 Å². The van der Waals surface area contributed by atoms with Gasteiger partial charge in [-0.15, -0.1) is 24.8 Å². The summed E-state index contributed by atoms with van der Waals surface area (Å²) in [4.78, 5) is 10.6. The highest BCUT2D eigenvalue weighted by Crippen LogP contribution is 2.08. The van der Waals surface area contributed by atoms with Crippen LogP contribution < -0.4 is 0 Å². The molecule has 0 radical (unpaired) electrons. The van der Waals surface area contributed by atoms with Crippen molar-refractivity contribution in [1.29, 1.82) is 0 Å². The van der Waals surface area contributed by atoms with Gasteiger partial charge in [-0.05, 0) is 18.1 Å². The van der Waals surface area contributed by atoms with Crippen LogP contribution in [0, 0.1) is 0 Å². The molecule has 0 aliphatic heterocycles. The lowest BCUT2D eigenvalue weighted by Crippen LogP contribution is -2.00. The van der Waals surface area contributed by atoms with Gasteiger partial charge in [0.1, 0.15) is 0 Å². The van der Waals surface area contributed by atoms with E-state index in [1.807, 2.05) is 19.1 Å². The molecule has 0 aliphatic carbocycles. The first-order valence-electron chi connectivity index (χ1n) is 3.57. The first kappa shape index (κ1) is 14.8. The van der Waals surface area contributed by atoms with Crippen molar-refractivity contribution < 1.29 is 9.90 Å². The molecule has 0 aliphatic rings. The predicted molar refractivity (Wildman–Crippen MR) is 57.3 cm³/mol. The first-order valence-corrected chi connectivity index (χ1v) is 3.57. The summed E-state index contributed by atoms with van der Waals surface area (Å²) in [7, 11) is 0. The second-order valence-corrected chi connectivity index (χ2v) is 2.32. The molecule has 0 atom stereocenters. The maximum Gasteiger partial charge on any atom is 0.335 e. The molecule has 0 spiro atoms. The van der Waals surface area contributed by atoms with Gasteiger partial charge in [-0.25, -0.2) is 4.79 Å². The lowest BCUT2D eigenvalue weighted by atomic mass is 10.1. The highest BCUT2D eigenvalue weighted by Gasteiger charge is 2.05. The van der Waals surface area contributed by atoms with Crippen molar-refractivity contribution in [1.82, 2.24) is 0 Å². The normalized spacial score (nSPS) is 8.08. The van der Waals surface area contributed by atoms with Gasteiger partial charge in [-0.3, -0.25) is 0 Å². The fourth-order valence-corrected chi connectivity index (χ4v) is 1.04. The summed E-state index contributed by atoms with van der Waals surface area (Å²) in [6.07, 6.45) is 0.766. The van der Waals surface area contributed by atoms with Gasteiger partial charge in [0, 0.05) is 0 Å². The summed E-state index contributed by atoms with van der Waals surface area (Å²) in [6, 6.07) is 7.05. The Morgan fingerprint density at radius 3 is 2.23 bits per heavy atom. The minimum absolute atomic E-state index is 0. The molecular weight excluding hydrogens is 211 g/mol. The van der Waals surface area contributed by atoms with E-state index in [0.29, 0.717) is 5.56 Å². The average molecular weight is 223 g/mol. The Bertz CT molecular complexity index is 274. The molecule has 2 nitrogen and oxygen atoms in total. The second kappa shape index (κ2) is 6.75. The summed E-state index contributed by atoms with van der Waals surface area (Å²) < 4.78 is 0. The Hall–Kier alpha value is -0.730. The lowest BCUT2D eigenvalue weighted by molar-refractivity contribution is 0.0696. The number of aromatic carboxylic acids is 1. The molecular formula is C9H12Cl2O2. The Morgan fingerprint density at radius 1 is 1.31 bits per heavy atom. The van der Waals surface area contributed by atoms with Gasteiger partial charge in [0.25, 0.3) is 0 Å². The Balaban J connectivity index is 0. The van der Waals surface area contributed by atoms with Crippen LogP contribution in [0.15, 0.2) is 24.3 Å². The lowest BCUT2D eigenvalue weighted by Gasteiger charge is -2.00. The number of hydrogen-bond acceptors (Lipinski definition) is 1. The minimum Gasteiger partial charge on any atom is -0.478 e. The van der Waals surface area contributed by atoms with E-state index < -0.39 is 5.97 Å². The van der Waals surface area contributed by atoms with Gasteiger partial charge in [0.2, 0.25) is 0 Å². The average Bonchev–Trinajstić information content (AvgIpc) is 2.04. The van der Waals surface area contributed by atoms with Crippen LogP contribution in [-0.4, -0.2) is 11.1 Å². The molecule has 0 saturated heterocycles. The van der Waals surface area contributed by atoms with Gasteiger partial charge in [-0.2, -0.15) is 0 Å². The van der Waals surface area contributed by atoms with Crippen LogP contribution in [0.3, 0.4) is 0 Å². The van der Waals surface area contributed by atoms with Crippen LogP contribution >= 0.6 is 24.8 Å². The zero-order valence-electron chi connectivity index (χ0n) is 7.19. The van der Waals surface area contributed by atoms with Crippen molar-refractivity contribution in [2.24, 2.45) is 0 Å². The fourth-order valence-electron chi connectivity index (χ4n) is 1.04. The quantitative estimate of drug-likeness (QED) is 0.836. The molecule has 0 saturated carbocycles. The van der Waals surface area contributed by atoms with Crippen LogP contribution in [0.5, 0.6) is 0 Å². The summed E-state index contributed by atoms with van der Waals surface area (Å²) in [5, 5.41) is 8.70. The molecule has 0 amide bonds. The molecule has 0 bridgehead atoms. The third-order valence-electron chi connectivity index (χ3n) is 1.63. The number of carboxylic acids is 1. The van der Waals surface area contributed by atoms with Gasteiger partial charge in [0.05, 0.1) is 5.56 Å². The van der Waals surface area contributed by atoms with E-state index in [-0.39, 0.29) is 24.8 Å². The third-order valence-corrected chi connectivity index (χ3v) is 1.63. The Kier molecular flexibility index (Phi) is 7.67. The van der Waals surface area contributed by atoms with Crippen molar-refractivity contribution in [2.45, 2.75) is 13.3 Å². The molecule has 1 rings (SSSR count). The molecule has 0 fully saturated rings. The Labute approximate surface area is 89.8 Å². The molecule has 1 aromatic carbocycles. The summed E-state index contributed by atoms with van der Waals surface area (Å²) in [6.45, 7) is 1.95. The fraction of sp³-hybridized carbons (Fsp3) is 0.222. The standard InChI is InChI=1S/C9H10O2.2ClH/c1-2-7-5-3-4-6-8(7)9(10)11;;/h3-6H,2H2,1H3,(H,10,11);2*1H. The molecule has 4 heteroatoms. The molecule has 74 valence electrons. The van der Waals surface area contributed by atoms with Gasteiger partial charge in [0.15, 0.2) is 0 Å². The number of carbonyl (C=O) groups is 1. The molecule has 0 aromatic heterocycles. The smallest absolute Gasteiger partial charge is 0.335 e. The van der Waals surface area contributed by atoms with Crippen molar-refractivity contribution >= 4 is 30.8 Å². The van der Waals surface area contributed by atoms with E-state index >= 15 is 0 Å². The number of aryl methyl sites for hydroxylation is 1. The summed E-state index contributed by atoms with van der Waals surface area (Å²) in [5.74, 6) is -0.845. The Morgan fingerprint density at radius 2 is 1.85 bits per heavy atom. The van der Waals surface area contributed by atoms with E-state index in [4.69, 9.17) is 5.11 Å². The molecule has 0 heterocycles. The summed E-state index contributed by atoms with van der Waals surface area (Å²) >= 11 is 0. The molecule has 0 unspecified atom stereocenters. The van der Waals surface area contributed by atoms with Crippen molar-refractivity contribution in [3.05, 3.63) is 35.4 Å². The van der Waals surface area contributed by atoms with Gasteiger partial charge < -0.3 is 5.11 Å². The van der Waals surface area contributed by atoms with E-state index in [0.717, 1.165) is 12.0 Å². The predicted octanol–water partition coefficient (Wildman–Crippen LogP) is 2.79. The number of halogens is 2. The molecule has 13 heavy (non-hydrogen) atoms. The van der Waals surface area contributed by atoms with E-state index in [2.05, 4.69) is 0 Å². The van der Waals surface area contributed by atoms with Crippen LogP contribution in [0.4, 0.5) is 0 Å². The topological polar surface area (TPSA) is 37.3 Å². The number of benzene rings is 1. The van der Waals surface area contributed by atoms with E-state index in [9.17, 15) is 4.79 Å². The van der Waals surface area contributed by atoms with Crippen molar-refractivity contribution in [3.8, 4) is 0 Å². The maximum atomic E-state index is 10.6. The number of hydrogen-bond donors (Lipinski definition) is 1. The van der Waals surface area contributed by atoms with Crippen molar-refractivity contribution in [2.75, 3.05) is 0 Å². The van der Waals surface area contributed by atoms with Crippen LogP contribution in [0.1, 0.15) is 22.8 Å². The maximum absolute atomic E-state index is 10.6. The molecule has 1 N–H and O–H groups in total. The van der Waals surface area contributed by atoms with E-state index in [1.54, 1.807) is 12.1 Å². The number of rotatable bonds is 2. The highest BCUT2D eigenvalue weighted by molar-refractivity contribution is 5.89. The monoisotopic (exact) mass is 222 g/mol.